The van der Waals surface area contributed by atoms with Crippen molar-refractivity contribution in [3.63, 3.8) is 0 Å². The molecule has 0 unspecified atom stereocenters. The van der Waals surface area contributed by atoms with Gasteiger partial charge < -0.3 is 9.53 Å². The van der Waals surface area contributed by atoms with Crippen molar-refractivity contribution in [2.24, 2.45) is 0 Å². The van der Waals surface area contributed by atoms with Crippen molar-refractivity contribution in [3.8, 4) is 0 Å². The van der Waals surface area contributed by atoms with E-state index in [-0.39, 0.29) is 9.76 Å². The molecule has 0 aliphatic heterocycles. The van der Waals surface area contributed by atoms with Crippen LogP contribution in [0.5, 0.6) is 0 Å². The molecule has 1 aromatic rings. The predicted octanol–water partition coefficient (Wildman–Crippen LogP) is 0.0698. The first-order chi connectivity index (χ1) is 5.36. The van der Waals surface area contributed by atoms with Crippen molar-refractivity contribution >= 4 is 14.9 Å². The van der Waals surface area contributed by atoms with E-state index >= 15 is 0 Å². The third-order valence-corrected chi connectivity index (χ3v) is 1.99. The van der Waals surface area contributed by atoms with Gasteiger partial charge in [0, 0.05) is 7.11 Å². The Labute approximate surface area is 68.8 Å². The van der Waals surface area contributed by atoms with E-state index in [9.17, 15) is 0 Å². The van der Waals surface area contributed by atoms with Gasteiger partial charge in [-0.05, 0) is 10.8 Å². The fourth-order valence-electron chi connectivity index (χ4n) is 0.842. The number of hydrogen-bond acceptors (Lipinski definition) is 2. The molecule has 1 rings (SSSR count). The minimum Gasteiger partial charge on any atom is -0.428 e. The minimum absolute atomic E-state index is 0.112. The van der Waals surface area contributed by atoms with E-state index in [4.69, 9.17) is 9.53 Å². The molecule has 0 atom stereocenters. The summed E-state index contributed by atoms with van der Waals surface area (Å²) in [7, 11) is 1.56. The van der Waals surface area contributed by atoms with Crippen molar-refractivity contribution < 1.29 is 9.53 Å². The lowest BCUT2D eigenvalue weighted by Crippen LogP contribution is -2.12. The number of ether oxygens (including phenoxy) is 1. The van der Waals surface area contributed by atoms with Crippen LogP contribution in [-0.4, -0.2) is 21.7 Å². The van der Waals surface area contributed by atoms with Crippen molar-refractivity contribution in [3.05, 3.63) is 29.8 Å². The van der Waals surface area contributed by atoms with Crippen molar-refractivity contribution in [1.82, 2.24) is 0 Å². The summed E-state index contributed by atoms with van der Waals surface area (Å²) in [6.45, 7) is 0.634. The van der Waals surface area contributed by atoms with Gasteiger partial charge in [0.15, 0.2) is 0 Å². The van der Waals surface area contributed by atoms with Crippen LogP contribution in [0.4, 0.5) is 0 Å². The predicted molar refractivity (Wildman–Crippen MR) is 44.8 cm³/mol. The topological polar surface area (TPSA) is 29.5 Å². The zero-order valence-corrected chi connectivity index (χ0v) is 7.37. The summed E-state index contributed by atoms with van der Waals surface area (Å²) >= 11 is 0. The molecule has 0 aromatic heterocycles. The van der Waals surface area contributed by atoms with Crippen LogP contribution in [0, 0.1) is 0 Å². The Balaban J connectivity index is 2.66. The van der Waals surface area contributed by atoms with Crippen LogP contribution in [0.25, 0.3) is 0 Å². The molecule has 3 heteroatoms. The molecule has 2 radical (unpaired) electrons. The quantitative estimate of drug-likeness (QED) is 0.644. The fourth-order valence-corrected chi connectivity index (χ4v) is 1.16. The second-order valence-corrected chi connectivity index (χ2v) is 3.04. The monoisotopic (exact) mass is 166 g/mol. The molecule has 1 N–H and O–H groups in total. The maximum Gasteiger partial charge on any atom is 0.265 e. The highest BCUT2D eigenvalue weighted by Crippen LogP contribution is 1.97. The summed E-state index contributed by atoms with van der Waals surface area (Å²) < 4.78 is 4.94. The maximum atomic E-state index is 8.75. The third-order valence-electron chi connectivity index (χ3n) is 1.39. The SMILES string of the molecule is COCc1ccc([Si]O)cc1. The molecule has 0 bridgehead atoms. The first-order valence-electron chi connectivity index (χ1n) is 3.35. The Morgan fingerprint density at radius 1 is 1.36 bits per heavy atom. The molecule has 0 saturated carbocycles. The molecule has 0 fully saturated rings. The summed E-state index contributed by atoms with van der Waals surface area (Å²) in [5, 5.41) is 0.963. The van der Waals surface area contributed by atoms with Gasteiger partial charge in [0.05, 0.1) is 6.61 Å². The van der Waals surface area contributed by atoms with Crippen LogP contribution >= 0.6 is 0 Å². The Kier molecular flexibility index (Phi) is 3.29. The molecule has 0 aliphatic rings. The van der Waals surface area contributed by atoms with Crippen LogP contribution in [-0.2, 0) is 11.3 Å². The Bertz CT molecular complexity index is 208. The first-order valence-corrected chi connectivity index (χ1v) is 4.29. The highest BCUT2D eigenvalue weighted by Gasteiger charge is 1.93. The number of methoxy groups -OCH3 is 1. The van der Waals surface area contributed by atoms with Crippen molar-refractivity contribution in [2.45, 2.75) is 6.61 Å². The molecule has 1 aromatic carbocycles. The summed E-state index contributed by atoms with van der Waals surface area (Å²) in [4.78, 5) is 8.75. The Morgan fingerprint density at radius 3 is 2.45 bits per heavy atom. The van der Waals surface area contributed by atoms with Crippen molar-refractivity contribution in [1.29, 1.82) is 0 Å². The molecule has 0 aliphatic carbocycles. The summed E-state index contributed by atoms with van der Waals surface area (Å²) in [6, 6.07) is 7.74. The van der Waals surface area contributed by atoms with Gasteiger partial charge in [-0.2, -0.15) is 0 Å². The average Bonchev–Trinajstić information content (AvgIpc) is 2.07. The molecular weight excluding hydrogens is 156 g/mol. The van der Waals surface area contributed by atoms with Gasteiger partial charge in [-0.1, -0.05) is 24.3 Å². The molecule has 11 heavy (non-hydrogen) atoms. The lowest BCUT2D eigenvalue weighted by Gasteiger charge is -1.99. The zero-order valence-electron chi connectivity index (χ0n) is 6.37. The fraction of sp³-hybridized carbons (Fsp3) is 0.250. The van der Waals surface area contributed by atoms with E-state index in [0.717, 1.165) is 10.8 Å². The highest BCUT2D eigenvalue weighted by atomic mass is 28.2. The van der Waals surface area contributed by atoms with Gasteiger partial charge in [0.25, 0.3) is 9.76 Å². The molecular formula is C8H10O2Si. The van der Waals surface area contributed by atoms with Gasteiger partial charge in [0.1, 0.15) is 0 Å². The van der Waals surface area contributed by atoms with Gasteiger partial charge in [-0.25, -0.2) is 0 Å². The Hall–Kier alpha value is -0.643. The molecule has 0 spiro atoms. The first kappa shape index (κ1) is 8.45. The normalized spacial score (nSPS) is 10.0. The van der Waals surface area contributed by atoms with Gasteiger partial charge >= 0.3 is 0 Å². The Morgan fingerprint density at radius 2 is 2.00 bits per heavy atom. The van der Waals surface area contributed by atoms with E-state index in [1.165, 1.54) is 0 Å². The molecule has 2 nitrogen and oxygen atoms in total. The summed E-state index contributed by atoms with van der Waals surface area (Å²) in [6.07, 6.45) is 0. The van der Waals surface area contributed by atoms with Gasteiger partial charge in [-0.15, -0.1) is 0 Å². The van der Waals surface area contributed by atoms with Crippen LogP contribution < -0.4 is 5.19 Å². The second-order valence-electron chi connectivity index (χ2n) is 2.24. The minimum atomic E-state index is -0.112. The van der Waals surface area contributed by atoms with Crippen LogP contribution in [0.3, 0.4) is 0 Å². The molecule has 0 saturated heterocycles. The van der Waals surface area contributed by atoms with Crippen molar-refractivity contribution in [2.75, 3.05) is 7.11 Å². The largest absolute Gasteiger partial charge is 0.428 e. The van der Waals surface area contributed by atoms with Crippen LogP contribution in [0.1, 0.15) is 5.56 Å². The maximum absolute atomic E-state index is 8.75. The van der Waals surface area contributed by atoms with E-state index in [2.05, 4.69) is 0 Å². The smallest absolute Gasteiger partial charge is 0.265 e. The highest BCUT2D eigenvalue weighted by molar-refractivity contribution is 6.45. The lowest BCUT2D eigenvalue weighted by atomic mass is 10.2. The second kappa shape index (κ2) is 4.28. The summed E-state index contributed by atoms with van der Waals surface area (Å²) in [5.41, 5.74) is 1.13. The molecule has 58 valence electrons. The zero-order chi connectivity index (χ0) is 8.10. The average molecular weight is 166 g/mol. The number of rotatable bonds is 3. The summed E-state index contributed by atoms with van der Waals surface area (Å²) in [5.74, 6) is 0. The number of hydrogen-bond donors (Lipinski definition) is 1. The molecule has 0 heterocycles. The number of benzene rings is 1. The van der Waals surface area contributed by atoms with Gasteiger partial charge in [0.2, 0.25) is 0 Å². The lowest BCUT2D eigenvalue weighted by molar-refractivity contribution is 0.185. The molecule has 0 amide bonds. The van der Waals surface area contributed by atoms with E-state index in [1.807, 2.05) is 24.3 Å². The third kappa shape index (κ3) is 2.46. The van der Waals surface area contributed by atoms with Crippen LogP contribution in [0.15, 0.2) is 24.3 Å². The van der Waals surface area contributed by atoms with E-state index in [1.54, 1.807) is 7.11 Å². The van der Waals surface area contributed by atoms with E-state index < -0.39 is 0 Å². The van der Waals surface area contributed by atoms with Gasteiger partial charge in [-0.3, -0.25) is 0 Å². The van der Waals surface area contributed by atoms with Crippen LogP contribution in [0.2, 0.25) is 0 Å². The standard InChI is InChI=1S/C8H10O2Si/c1-10-6-7-2-4-8(11-9)5-3-7/h2-5,9H,6H2,1H3. The van der Waals surface area contributed by atoms with E-state index in [0.29, 0.717) is 6.61 Å².